The summed E-state index contributed by atoms with van der Waals surface area (Å²) in [6, 6.07) is 7.20. The van der Waals surface area contributed by atoms with Gasteiger partial charge < -0.3 is 19.7 Å². The number of carbonyl (C=O) groups is 2. The number of nitrogens with one attached hydrogen (secondary N) is 1. The molecule has 1 aromatic carbocycles. The minimum Gasteiger partial charge on any atom is -0.497 e. The summed E-state index contributed by atoms with van der Waals surface area (Å²) in [5.41, 5.74) is 0. The summed E-state index contributed by atoms with van der Waals surface area (Å²) in [7, 11) is 1.60. The van der Waals surface area contributed by atoms with Gasteiger partial charge in [-0.05, 0) is 38.1 Å². The number of benzene rings is 1. The van der Waals surface area contributed by atoms with Crippen LogP contribution in [0.4, 0.5) is 0 Å². The lowest BCUT2D eigenvalue weighted by molar-refractivity contribution is -0.135. The molecule has 0 saturated carbocycles. The summed E-state index contributed by atoms with van der Waals surface area (Å²) in [5, 5.41) is 2.67. The molecule has 6 nitrogen and oxygen atoms in total. The Kier molecular flexibility index (Phi) is 7.81. The summed E-state index contributed by atoms with van der Waals surface area (Å²) in [4.78, 5) is 25.0. The molecule has 1 rings (SSSR count). The monoisotopic (exact) mass is 308 g/mol. The van der Waals surface area contributed by atoms with Gasteiger partial charge >= 0.3 is 0 Å². The van der Waals surface area contributed by atoms with Gasteiger partial charge in [-0.25, -0.2) is 0 Å². The fourth-order valence-corrected chi connectivity index (χ4v) is 1.92. The fourth-order valence-electron chi connectivity index (χ4n) is 1.92. The maximum atomic E-state index is 11.8. The first kappa shape index (κ1) is 17.8. The molecule has 0 saturated heterocycles. The normalized spacial score (nSPS) is 9.95. The highest BCUT2D eigenvalue weighted by molar-refractivity contribution is 5.96. The van der Waals surface area contributed by atoms with Crippen LogP contribution in [0.15, 0.2) is 24.3 Å². The Balaban J connectivity index is 2.23. The Hall–Kier alpha value is -2.24. The van der Waals surface area contributed by atoms with E-state index >= 15 is 0 Å². The molecule has 1 N–H and O–H groups in total. The van der Waals surface area contributed by atoms with Crippen LogP contribution < -0.4 is 14.8 Å². The zero-order chi connectivity index (χ0) is 16.4. The van der Waals surface area contributed by atoms with Gasteiger partial charge in [0.1, 0.15) is 24.5 Å². The van der Waals surface area contributed by atoms with E-state index in [0.29, 0.717) is 32.0 Å². The van der Waals surface area contributed by atoms with Gasteiger partial charge in [0.2, 0.25) is 11.8 Å². The molecule has 0 aliphatic carbocycles. The number of hydrogen-bond acceptors (Lipinski definition) is 4. The van der Waals surface area contributed by atoms with Crippen LogP contribution in [-0.4, -0.2) is 50.1 Å². The second-order valence-electron chi connectivity index (χ2n) is 4.62. The highest BCUT2D eigenvalue weighted by Gasteiger charge is 2.13. The van der Waals surface area contributed by atoms with Crippen molar-refractivity contribution in [1.82, 2.24) is 10.2 Å². The van der Waals surface area contributed by atoms with Gasteiger partial charge in [0.25, 0.3) is 0 Å². The quantitative estimate of drug-likeness (QED) is 0.554. The lowest BCUT2D eigenvalue weighted by atomic mass is 10.3. The van der Waals surface area contributed by atoms with Crippen LogP contribution in [0.2, 0.25) is 0 Å². The molecule has 0 bridgehead atoms. The number of nitrogens with zero attached hydrogens (tertiary/aromatic N) is 1. The molecule has 0 aliphatic rings. The van der Waals surface area contributed by atoms with E-state index in [1.165, 1.54) is 0 Å². The largest absolute Gasteiger partial charge is 0.497 e. The van der Waals surface area contributed by atoms with Crippen LogP contribution in [-0.2, 0) is 9.59 Å². The van der Waals surface area contributed by atoms with Crippen LogP contribution >= 0.6 is 0 Å². The number of methoxy groups -OCH3 is 1. The lowest BCUT2D eigenvalue weighted by Crippen LogP contribution is -2.36. The standard InChI is InChI=1S/C16H24N2O4/c1-4-18(5-2)16(20)12-15(19)17-10-11-22-14-8-6-13(21-3)7-9-14/h6-9H,4-5,10-12H2,1-3H3,(H,17,19). The molecule has 2 amide bonds. The van der Waals surface area contributed by atoms with Crippen molar-refractivity contribution in [1.29, 1.82) is 0 Å². The third-order valence-electron chi connectivity index (χ3n) is 3.18. The fraction of sp³-hybridized carbons (Fsp3) is 0.500. The molecule has 0 unspecified atom stereocenters. The van der Waals surface area contributed by atoms with Gasteiger partial charge in [0, 0.05) is 13.1 Å². The first-order chi connectivity index (χ1) is 10.6. The maximum absolute atomic E-state index is 11.8. The Morgan fingerprint density at radius 1 is 1.09 bits per heavy atom. The zero-order valence-electron chi connectivity index (χ0n) is 13.4. The summed E-state index contributed by atoms with van der Waals surface area (Å²) in [6.07, 6.45) is -0.121. The van der Waals surface area contributed by atoms with Gasteiger partial charge in [0.15, 0.2) is 0 Å². The van der Waals surface area contributed by atoms with Crippen molar-refractivity contribution in [3.05, 3.63) is 24.3 Å². The van der Waals surface area contributed by atoms with Gasteiger partial charge in [-0.1, -0.05) is 0 Å². The van der Waals surface area contributed by atoms with E-state index in [1.54, 1.807) is 36.3 Å². The second-order valence-corrected chi connectivity index (χ2v) is 4.62. The first-order valence-electron chi connectivity index (χ1n) is 7.42. The molecule has 0 spiro atoms. The zero-order valence-corrected chi connectivity index (χ0v) is 13.4. The predicted molar refractivity (Wildman–Crippen MR) is 84.0 cm³/mol. The molecule has 0 radical (unpaired) electrons. The Morgan fingerprint density at radius 3 is 2.23 bits per heavy atom. The van der Waals surface area contributed by atoms with Gasteiger partial charge in [-0.2, -0.15) is 0 Å². The highest BCUT2D eigenvalue weighted by Crippen LogP contribution is 2.16. The minimum atomic E-state index is -0.282. The van der Waals surface area contributed by atoms with Crippen LogP contribution in [0.25, 0.3) is 0 Å². The van der Waals surface area contributed by atoms with Crippen molar-refractivity contribution in [2.24, 2.45) is 0 Å². The van der Waals surface area contributed by atoms with Crippen molar-refractivity contribution in [3.8, 4) is 11.5 Å². The summed E-state index contributed by atoms with van der Waals surface area (Å²) in [5.74, 6) is 1.03. The van der Waals surface area contributed by atoms with E-state index in [9.17, 15) is 9.59 Å². The maximum Gasteiger partial charge on any atom is 0.231 e. The van der Waals surface area contributed by atoms with Crippen molar-refractivity contribution in [2.45, 2.75) is 20.3 Å². The van der Waals surface area contributed by atoms with Crippen LogP contribution in [0.1, 0.15) is 20.3 Å². The number of ether oxygens (including phenoxy) is 2. The third-order valence-corrected chi connectivity index (χ3v) is 3.18. The van der Waals surface area contributed by atoms with E-state index in [0.717, 1.165) is 5.75 Å². The van der Waals surface area contributed by atoms with Crippen molar-refractivity contribution in [3.63, 3.8) is 0 Å². The number of amides is 2. The average Bonchev–Trinajstić information content (AvgIpc) is 2.53. The van der Waals surface area contributed by atoms with Crippen molar-refractivity contribution in [2.75, 3.05) is 33.4 Å². The minimum absolute atomic E-state index is 0.121. The van der Waals surface area contributed by atoms with E-state index in [4.69, 9.17) is 9.47 Å². The molecule has 1 aromatic rings. The van der Waals surface area contributed by atoms with Gasteiger partial charge in [-0.3, -0.25) is 9.59 Å². The van der Waals surface area contributed by atoms with Crippen LogP contribution in [0.5, 0.6) is 11.5 Å². The molecule has 0 aliphatic heterocycles. The lowest BCUT2D eigenvalue weighted by Gasteiger charge is -2.18. The SMILES string of the molecule is CCN(CC)C(=O)CC(=O)NCCOc1ccc(OC)cc1. The predicted octanol–water partition coefficient (Wildman–Crippen LogP) is 1.45. The Morgan fingerprint density at radius 2 is 1.68 bits per heavy atom. The van der Waals surface area contributed by atoms with Crippen molar-refractivity contribution < 1.29 is 19.1 Å². The average molecular weight is 308 g/mol. The summed E-state index contributed by atoms with van der Waals surface area (Å²) >= 11 is 0. The number of rotatable bonds is 9. The molecule has 22 heavy (non-hydrogen) atoms. The molecular weight excluding hydrogens is 284 g/mol. The summed E-state index contributed by atoms with van der Waals surface area (Å²) in [6.45, 7) is 5.71. The molecular formula is C16H24N2O4. The Bertz CT molecular complexity index is 470. The second kappa shape index (κ2) is 9.65. The van der Waals surface area contributed by atoms with E-state index in [1.807, 2.05) is 13.8 Å². The van der Waals surface area contributed by atoms with E-state index in [2.05, 4.69) is 5.32 Å². The molecule has 0 fully saturated rings. The van der Waals surface area contributed by atoms with Crippen LogP contribution in [0, 0.1) is 0 Å². The molecule has 6 heteroatoms. The number of carbonyl (C=O) groups excluding carboxylic acids is 2. The third kappa shape index (κ3) is 6.03. The highest BCUT2D eigenvalue weighted by atomic mass is 16.5. The number of hydrogen-bond donors (Lipinski definition) is 1. The molecule has 0 atom stereocenters. The van der Waals surface area contributed by atoms with Crippen LogP contribution in [0.3, 0.4) is 0 Å². The molecule has 122 valence electrons. The van der Waals surface area contributed by atoms with E-state index < -0.39 is 0 Å². The topological polar surface area (TPSA) is 67.9 Å². The molecule has 0 aromatic heterocycles. The van der Waals surface area contributed by atoms with E-state index in [-0.39, 0.29) is 18.2 Å². The van der Waals surface area contributed by atoms with Crippen molar-refractivity contribution >= 4 is 11.8 Å². The van der Waals surface area contributed by atoms with Gasteiger partial charge in [-0.15, -0.1) is 0 Å². The Labute approximate surface area is 131 Å². The first-order valence-corrected chi connectivity index (χ1v) is 7.42. The summed E-state index contributed by atoms with van der Waals surface area (Å²) < 4.78 is 10.5. The van der Waals surface area contributed by atoms with Gasteiger partial charge in [0.05, 0.1) is 13.7 Å². The molecule has 0 heterocycles. The smallest absolute Gasteiger partial charge is 0.231 e.